The van der Waals surface area contributed by atoms with Crippen molar-refractivity contribution >= 4 is 29.1 Å². The van der Waals surface area contributed by atoms with Crippen molar-refractivity contribution in [2.75, 3.05) is 64.1 Å². The Hall–Kier alpha value is -5.27. The van der Waals surface area contributed by atoms with Gasteiger partial charge in [-0.15, -0.1) is 0 Å². The lowest BCUT2D eigenvalue weighted by molar-refractivity contribution is -0.121. The molecule has 0 saturated carbocycles. The zero-order chi connectivity index (χ0) is 37.9. The van der Waals surface area contributed by atoms with Gasteiger partial charge < -0.3 is 40.0 Å². The van der Waals surface area contributed by atoms with Crippen LogP contribution in [0.15, 0.2) is 60.8 Å². The lowest BCUT2D eigenvalue weighted by Gasteiger charge is -2.32. The minimum atomic E-state index is -0.526. The third-order valence-corrected chi connectivity index (χ3v) is 8.90. The number of ether oxygens (including phenoxy) is 3. The zero-order valence-electron chi connectivity index (χ0n) is 31.4. The van der Waals surface area contributed by atoms with Gasteiger partial charge in [-0.25, -0.2) is 9.37 Å². The molecule has 12 nitrogen and oxygen atoms in total. The fraction of sp³-hybridized carbons (Fsp3) is 0.400. The molecule has 1 saturated heterocycles. The molecule has 0 atom stereocenters. The molecule has 282 valence electrons. The van der Waals surface area contributed by atoms with E-state index in [9.17, 15) is 9.59 Å². The number of carbonyl (C=O) groups is 2. The van der Waals surface area contributed by atoms with Gasteiger partial charge >= 0.3 is 0 Å². The summed E-state index contributed by atoms with van der Waals surface area (Å²) in [5, 5.41) is 8.88. The number of anilines is 3. The van der Waals surface area contributed by atoms with Crippen LogP contribution < -0.4 is 30.2 Å². The number of likely N-dealkylation sites (N-methyl/N-ethyl adjacent to an activating group) is 1. The van der Waals surface area contributed by atoms with Crippen LogP contribution in [0.4, 0.5) is 21.7 Å². The van der Waals surface area contributed by atoms with Gasteiger partial charge in [0.2, 0.25) is 17.7 Å². The van der Waals surface area contributed by atoms with E-state index >= 15 is 4.39 Å². The number of aryl methyl sites for hydroxylation is 3. The molecule has 3 aromatic carbocycles. The summed E-state index contributed by atoms with van der Waals surface area (Å²) in [5.41, 5.74) is 3.78. The molecular weight excluding hydrogens is 677 g/mol. The van der Waals surface area contributed by atoms with E-state index in [1.165, 1.54) is 19.4 Å². The quantitative estimate of drug-likeness (QED) is 0.110. The van der Waals surface area contributed by atoms with Crippen LogP contribution >= 0.6 is 0 Å². The van der Waals surface area contributed by atoms with Gasteiger partial charge in [0.15, 0.2) is 23.1 Å². The number of hydrogen-bond acceptors (Lipinski definition) is 10. The van der Waals surface area contributed by atoms with Crippen LogP contribution in [0.3, 0.4) is 0 Å². The number of carbonyl (C=O) groups excluding carboxylic acids is 2. The molecule has 1 aliphatic rings. The highest BCUT2D eigenvalue weighted by Crippen LogP contribution is 2.35. The Morgan fingerprint density at radius 2 is 1.70 bits per heavy atom. The lowest BCUT2D eigenvalue weighted by Crippen LogP contribution is -2.44. The Bertz CT molecular complexity index is 1860. The van der Waals surface area contributed by atoms with Gasteiger partial charge in [0.1, 0.15) is 5.56 Å². The van der Waals surface area contributed by atoms with Crippen molar-refractivity contribution in [2.24, 2.45) is 0 Å². The van der Waals surface area contributed by atoms with E-state index in [2.05, 4.69) is 42.8 Å². The normalized spacial score (nSPS) is 13.4. The SMILES string of the molecule is COc1cc(CCC(=O)NC(C)C)ccc1Oc1nc(Nc2ccc(OCCCN3CCN(C)CC3)c(F)c2)ncc1C(=O)Nc1c(C)cccc1C. The number of para-hydroxylation sites is 1. The predicted octanol–water partition coefficient (Wildman–Crippen LogP) is 6.50. The van der Waals surface area contributed by atoms with E-state index in [4.69, 9.17) is 14.2 Å². The maximum absolute atomic E-state index is 15.1. The first-order valence-corrected chi connectivity index (χ1v) is 18.0. The Labute approximate surface area is 311 Å². The second-order valence-corrected chi connectivity index (χ2v) is 13.6. The Morgan fingerprint density at radius 3 is 2.40 bits per heavy atom. The van der Waals surface area contributed by atoms with Crippen molar-refractivity contribution in [1.29, 1.82) is 0 Å². The summed E-state index contributed by atoms with van der Waals surface area (Å²) >= 11 is 0. The van der Waals surface area contributed by atoms with Crippen LogP contribution in [0.1, 0.15) is 53.7 Å². The zero-order valence-corrected chi connectivity index (χ0v) is 31.4. The van der Waals surface area contributed by atoms with E-state index in [0.717, 1.165) is 55.8 Å². The summed E-state index contributed by atoms with van der Waals surface area (Å²) in [6.07, 6.45) is 2.97. The fourth-order valence-electron chi connectivity index (χ4n) is 5.93. The summed E-state index contributed by atoms with van der Waals surface area (Å²) in [6.45, 7) is 13.1. The molecule has 1 fully saturated rings. The molecular formula is C40H50FN7O5. The smallest absolute Gasteiger partial charge is 0.262 e. The molecule has 2 amide bonds. The first-order chi connectivity index (χ1) is 25.5. The molecule has 1 aliphatic heterocycles. The number of methoxy groups -OCH3 is 1. The number of nitrogens with one attached hydrogen (secondary N) is 3. The van der Waals surface area contributed by atoms with Crippen molar-refractivity contribution in [3.05, 3.63) is 88.9 Å². The molecule has 3 N–H and O–H groups in total. The largest absolute Gasteiger partial charge is 0.493 e. The second-order valence-electron chi connectivity index (χ2n) is 13.6. The van der Waals surface area contributed by atoms with Crippen LogP contribution in [0, 0.1) is 19.7 Å². The first-order valence-electron chi connectivity index (χ1n) is 18.0. The number of benzene rings is 3. The van der Waals surface area contributed by atoms with Gasteiger partial charge in [-0.05, 0) is 88.5 Å². The fourth-order valence-corrected chi connectivity index (χ4v) is 5.93. The minimum absolute atomic E-state index is 0.0429. The van der Waals surface area contributed by atoms with E-state index < -0.39 is 11.7 Å². The molecule has 0 unspecified atom stereocenters. The number of halogens is 1. The van der Waals surface area contributed by atoms with Gasteiger partial charge in [0, 0.05) is 68.8 Å². The average Bonchev–Trinajstić information content (AvgIpc) is 3.12. The van der Waals surface area contributed by atoms with Crippen molar-refractivity contribution in [3.63, 3.8) is 0 Å². The Morgan fingerprint density at radius 1 is 0.962 bits per heavy atom. The van der Waals surface area contributed by atoms with Gasteiger partial charge in [-0.2, -0.15) is 4.98 Å². The summed E-state index contributed by atoms with van der Waals surface area (Å²) in [5.74, 6) is -0.161. The summed E-state index contributed by atoms with van der Waals surface area (Å²) in [7, 11) is 3.63. The highest BCUT2D eigenvalue weighted by molar-refractivity contribution is 6.06. The minimum Gasteiger partial charge on any atom is -0.493 e. The molecule has 0 radical (unpaired) electrons. The van der Waals surface area contributed by atoms with Crippen LogP contribution in [-0.4, -0.2) is 91.1 Å². The second kappa shape index (κ2) is 18.5. The standard InChI is InChI=1S/C40H50FN7O5/c1-26(2)43-36(49)16-12-29-11-14-34(35(23-29)51-6)53-39-31(38(50)45-37-27(3)9-7-10-28(37)4)25-42-40(46-39)44-30-13-15-33(32(41)24-30)52-22-8-17-48-20-18-47(5)19-21-48/h7,9-11,13-15,23-26H,8,12,16-22H2,1-6H3,(H,43,49)(H,45,50)(H,42,44,46). The molecule has 0 spiro atoms. The van der Waals surface area contributed by atoms with Crippen molar-refractivity contribution < 1.29 is 28.2 Å². The van der Waals surface area contributed by atoms with E-state index in [-0.39, 0.29) is 35.1 Å². The Kier molecular flexibility index (Phi) is 13.6. The van der Waals surface area contributed by atoms with Crippen LogP contribution in [-0.2, 0) is 11.2 Å². The number of nitrogens with zero attached hydrogens (tertiary/aromatic N) is 4. The van der Waals surface area contributed by atoms with Crippen molar-refractivity contribution in [1.82, 2.24) is 25.1 Å². The average molecular weight is 728 g/mol. The van der Waals surface area contributed by atoms with Crippen LogP contribution in [0.2, 0.25) is 0 Å². The van der Waals surface area contributed by atoms with Crippen molar-refractivity contribution in [3.8, 4) is 23.1 Å². The van der Waals surface area contributed by atoms with E-state index in [0.29, 0.717) is 42.3 Å². The highest BCUT2D eigenvalue weighted by atomic mass is 19.1. The van der Waals surface area contributed by atoms with Gasteiger partial charge in [-0.3, -0.25) is 9.59 Å². The monoisotopic (exact) mass is 727 g/mol. The van der Waals surface area contributed by atoms with Crippen molar-refractivity contribution in [2.45, 2.75) is 53.0 Å². The van der Waals surface area contributed by atoms with Gasteiger partial charge in [0.25, 0.3) is 5.91 Å². The number of rotatable bonds is 16. The Balaban J connectivity index is 1.32. The first kappa shape index (κ1) is 38.9. The maximum Gasteiger partial charge on any atom is 0.262 e. The topological polar surface area (TPSA) is 130 Å². The number of hydrogen-bond donors (Lipinski definition) is 3. The maximum atomic E-state index is 15.1. The third kappa shape index (κ3) is 11.1. The van der Waals surface area contributed by atoms with Gasteiger partial charge in [-0.1, -0.05) is 24.3 Å². The summed E-state index contributed by atoms with van der Waals surface area (Å²) < 4.78 is 32.8. The molecule has 13 heteroatoms. The summed E-state index contributed by atoms with van der Waals surface area (Å²) in [4.78, 5) is 39.5. The highest BCUT2D eigenvalue weighted by Gasteiger charge is 2.21. The molecule has 0 aliphatic carbocycles. The molecule has 2 heterocycles. The molecule has 53 heavy (non-hydrogen) atoms. The third-order valence-electron chi connectivity index (χ3n) is 8.90. The van der Waals surface area contributed by atoms with Gasteiger partial charge in [0.05, 0.1) is 13.7 Å². The van der Waals surface area contributed by atoms with E-state index in [1.54, 1.807) is 24.3 Å². The number of piperazine rings is 1. The van der Waals surface area contributed by atoms with Crippen LogP contribution in [0.5, 0.6) is 23.1 Å². The van der Waals surface area contributed by atoms with Crippen LogP contribution in [0.25, 0.3) is 0 Å². The summed E-state index contributed by atoms with van der Waals surface area (Å²) in [6, 6.07) is 15.7. The predicted molar refractivity (Wildman–Crippen MR) is 204 cm³/mol. The number of amides is 2. The molecule has 5 rings (SSSR count). The molecule has 1 aromatic heterocycles. The lowest BCUT2D eigenvalue weighted by atomic mass is 10.1. The van der Waals surface area contributed by atoms with E-state index in [1.807, 2.05) is 52.0 Å². The molecule has 0 bridgehead atoms. The number of aromatic nitrogens is 2. The molecule has 4 aromatic rings.